The van der Waals surface area contributed by atoms with Crippen molar-refractivity contribution in [1.29, 1.82) is 0 Å². The summed E-state index contributed by atoms with van der Waals surface area (Å²) >= 11 is 13.2. The van der Waals surface area contributed by atoms with E-state index in [4.69, 9.17) is 32.9 Å². The van der Waals surface area contributed by atoms with Crippen molar-refractivity contribution in [2.45, 2.75) is 43.7 Å². The summed E-state index contributed by atoms with van der Waals surface area (Å²) in [4.78, 5) is 11.7. The van der Waals surface area contributed by atoms with Crippen molar-refractivity contribution < 1.29 is 4.74 Å². The van der Waals surface area contributed by atoms with Gasteiger partial charge in [-0.15, -0.1) is 0 Å². The minimum absolute atomic E-state index is 0.0354. The number of aromatic nitrogens is 4. The van der Waals surface area contributed by atoms with Gasteiger partial charge in [0.2, 0.25) is 5.95 Å². The predicted molar refractivity (Wildman–Crippen MR) is 121 cm³/mol. The molecule has 0 bridgehead atoms. The van der Waals surface area contributed by atoms with E-state index in [0.29, 0.717) is 23.1 Å². The first-order valence-electron chi connectivity index (χ1n) is 10.8. The molecule has 2 aliphatic heterocycles. The maximum Gasteiger partial charge on any atom is 0.227 e. The first-order chi connectivity index (χ1) is 15.0. The molecule has 9 heteroatoms. The van der Waals surface area contributed by atoms with Gasteiger partial charge in [-0.05, 0) is 56.3 Å². The van der Waals surface area contributed by atoms with Gasteiger partial charge in [-0.2, -0.15) is 5.10 Å². The molecule has 162 valence electrons. The topological polar surface area (TPSA) is 68.1 Å². The third-order valence-electron chi connectivity index (χ3n) is 6.94. The highest BCUT2D eigenvalue weighted by Gasteiger charge is 2.42. The summed E-state index contributed by atoms with van der Waals surface area (Å²) in [5.41, 5.74) is 2.79. The van der Waals surface area contributed by atoms with E-state index in [0.717, 1.165) is 72.7 Å². The molecule has 0 radical (unpaired) electrons. The van der Waals surface area contributed by atoms with Crippen molar-refractivity contribution in [2.24, 2.45) is 0 Å². The van der Waals surface area contributed by atoms with E-state index in [9.17, 15) is 0 Å². The second-order valence-electron chi connectivity index (χ2n) is 9.18. The van der Waals surface area contributed by atoms with E-state index in [-0.39, 0.29) is 5.54 Å². The number of ether oxygens (including phenoxy) is 1. The van der Waals surface area contributed by atoms with E-state index in [2.05, 4.69) is 33.3 Å². The minimum Gasteiger partial charge on any atom is -0.378 e. The average Bonchev–Trinajstić information content (AvgIpc) is 3.10. The Kier molecular flexibility index (Phi) is 4.65. The Hall–Kier alpha value is -1.93. The van der Waals surface area contributed by atoms with Crippen LogP contribution in [0.25, 0.3) is 10.9 Å². The summed E-state index contributed by atoms with van der Waals surface area (Å²) in [6.07, 6.45) is 6.83. The van der Waals surface area contributed by atoms with Crippen LogP contribution < -0.4 is 5.32 Å². The molecule has 1 unspecified atom stereocenters. The molecule has 4 heterocycles. The molecular weight excluding hydrogens is 435 g/mol. The van der Waals surface area contributed by atoms with Crippen LogP contribution in [0.3, 0.4) is 0 Å². The van der Waals surface area contributed by atoms with Gasteiger partial charge in [0.05, 0.1) is 42.2 Å². The Morgan fingerprint density at radius 1 is 1.19 bits per heavy atom. The van der Waals surface area contributed by atoms with E-state index >= 15 is 0 Å². The van der Waals surface area contributed by atoms with Crippen LogP contribution in [0.15, 0.2) is 24.5 Å². The van der Waals surface area contributed by atoms with Crippen LogP contribution in [0.5, 0.6) is 0 Å². The van der Waals surface area contributed by atoms with Crippen LogP contribution in [-0.4, -0.2) is 57.0 Å². The summed E-state index contributed by atoms with van der Waals surface area (Å²) in [5, 5.41) is 9.99. The maximum atomic E-state index is 6.66. The number of nitrogens with one attached hydrogen (secondary N) is 1. The first kappa shape index (κ1) is 19.7. The number of hydrogen-bond acceptors (Lipinski definition) is 6. The Morgan fingerprint density at radius 2 is 2.03 bits per heavy atom. The van der Waals surface area contributed by atoms with Crippen LogP contribution in [0.2, 0.25) is 10.2 Å². The van der Waals surface area contributed by atoms with Gasteiger partial charge in [0.15, 0.2) is 5.15 Å². The number of likely N-dealkylation sites (tertiary alicyclic amines) is 1. The molecule has 0 spiro atoms. The second kappa shape index (κ2) is 7.30. The fourth-order valence-electron chi connectivity index (χ4n) is 4.55. The Labute approximate surface area is 190 Å². The fraction of sp³-hybridized carbons (Fsp3) is 0.500. The Bertz CT molecular complexity index is 1160. The highest BCUT2D eigenvalue weighted by molar-refractivity contribution is 6.32. The predicted octanol–water partition coefficient (Wildman–Crippen LogP) is 4.57. The van der Waals surface area contributed by atoms with Crippen LogP contribution in [-0.2, 0) is 10.3 Å². The van der Waals surface area contributed by atoms with Gasteiger partial charge in [-0.25, -0.2) is 14.6 Å². The molecule has 3 fully saturated rings. The van der Waals surface area contributed by atoms with E-state index in [1.165, 1.54) is 0 Å². The smallest absolute Gasteiger partial charge is 0.227 e. The van der Waals surface area contributed by atoms with Crippen LogP contribution in [0.1, 0.15) is 37.7 Å². The third-order valence-corrected chi connectivity index (χ3v) is 7.63. The molecule has 1 saturated carbocycles. The summed E-state index contributed by atoms with van der Waals surface area (Å²) in [6, 6.07) is 4.65. The van der Waals surface area contributed by atoms with E-state index in [1.807, 2.05) is 10.7 Å². The van der Waals surface area contributed by atoms with Gasteiger partial charge in [-0.3, -0.25) is 4.90 Å². The monoisotopic (exact) mass is 458 g/mol. The lowest BCUT2D eigenvalue weighted by Gasteiger charge is -2.34. The molecule has 1 aliphatic carbocycles. The first-order valence-corrected chi connectivity index (χ1v) is 11.5. The molecule has 7 nitrogen and oxygen atoms in total. The fourth-order valence-corrected chi connectivity index (χ4v) is 5.22. The molecule has 3 aliphatic rings. The number of anilines is 2. The molecule has 0 amide bonds. The highest BCUT2D eigenvalue weighted by atomic mass is 35.5. The number of rotatable bonds is 5. The van der Waals surface area contributed by atoms with Crippen molar-refractivity contribution in [3.05, 3.63) is 40.3 Å². The van der Waals surface area contributed by atoms with Gasteiger partial charge in [0.25, 0.3) is 0 Å². The minimum atomic E-state index is 0.0354. The normalized spacial score (nSPS) is 23.3. The molecule has 31 heavy (non-hydrogen) atoms. The van der Waals surface area contributed by atoms with Crippen LogP contribution in [0.4, 0.5) is 11.6 Å². The van der Waals surface area contributed by atoms with Crippen molar-refractivity contribution in [2.75, 3.05) is 31.6 Å². The number of fused-ring (bicyclic) bond motifs is 1. The quantitative estimate of drug-likeness (QED) is 0.603. The zero-order valence-corrected chi connectivity index (χ0v) is 18.8. The lowest BCUT2D eigenvalue weighted by Crippen LogP contribution is -2.47. The Balaban J connectivity index is 1.26. The second-order valence-corrected chi connectivity index (χ2v) is 9.95. The van der Waals surface area contributed by atoms with E-state index < -0.39 is 0 Å². The van der Waals surface area contributed by atoms with Crippen molar-refractivity contribution >= 4 is 45.7 Å². The van der Waals surface area contributed by atoms with Crippen molar-refractivity contribution in [1.82, 2.24) is 24.6 Å². The lowest BCUT2D eigenvalue weighted by molar-refractivity contribution is -0.0573. The largest absolute Gasteiger partial charge is 0.378 e. The number of halogens is 2. The molecule has 2 saturated heterocycles. The van der Waals surface area contributed by atoms with Crippen LogP contribution >= 0.6 is 23.2 Å². The van der Waals surface area contributed by atoms with Gasteiger partial charge >= 0.3 is 0 Å². The van der Waals surface area contributed by atoms with Crippen molar-refractivity contribution in [3.63, 3.8) is 0 Å². The molecular formula is C22H24Cl2N6O. The van der Waals surface area contributed by atoms with Crippen LogP contribution in [0, 0.1) is 0 Å². The third kappa shape index (κ3) is 3.48. The van der Waals surface area contributed by atoms with Crippen molar-refractivity contribution in [3.8, 4) is 0 Å². The number of nitrogens with zero attached hydrogens (tertiary/aromatic N) is 5. The van der Waals surface area contributed by atoms with Gasteiger partial charge in [-0.1, -0.05) is 23.2 Å². The standard InChI is InChI=1S/C22H24Cl2N6O/c1-22(3-4-22)30-20(24)19(9-26-30)28-21-25-8-14-6-17(23)16(7-18(14)27-21)13-2-5-29(10-13)15-11-31-12-15/h6-9,13,15H,2-5,10-12H2,1H3,(H,25,27,28). The molecule has 3 aromatic rings. The summed E-state index contributed by atoms with van der Waals surface area (Å²) in [6.45, 7) is 5.96. The molecule has 1 N–H and O–H groups in total. The zero-order chi connectivity index (χ0) is 21.2. The molecule has 6 rings (SSSR count). The number of benzene rings is 1. The number of hydrogen-bond donors (Lipinski definition) is 1. The van der Waals surface area contributed by atoms with Gasteiger partial charge in [0.1, 0.15) is 0 Å². The molecule has 1 atom stereocenters. The lowest BCUT2D eigenvalue weighted by atomic mass is 9.97. The van der Waals surface area contributed by atoms with Gasteiger partial charge in [0, 0.05) is 23.2 Å². The average molecular weight is 459 g/mol. The SMILES string of the molecule is CC1(n2ncc(Nc3ncc4cc(Cl)c(C5CCN(C6COC6)C5)cc4n3)c2Cl)CC1. The maximum absolute atomic E-state index is 6.66. The highest BCUT2D eigenvalue weighted by Crippen LogP contribution is 2.45. The molecule has 1 aromatic carbocycles. The van der Waals surface area contributed by atoms with E-state index in [1.54, 1.807) is 12.4 Å². The Morgan fingerprint density at radius 3 is 2.77 bits per heavy atom. The summed E-state index contributed by atoms with van der Waals surface area (Å²) in [5.74, 6) is 0.915. The van der Waals surface area contributed by atoms with Gasteiger partial charge < -0.3 is 10.1 Å². The zero-order valence-electron chi connectivity index (χ0n) is 17.3. The summed E-state index contributed by atoms with van der Waals surface area (Å²) < 4.78 is 7.24. The summed E-state index contributed by atoms with van der Waals surface area (Å²) in [7, 11) is 0. The molecule has 2 aromatic heterocycles.